The van der Waals surface area contributed by atoms with Crippen LogP contribution in [0.15, 0.2) is 12.2 Å². The van der Waals surface area contributed by atoms with E-state index in [0.29, 0.717) is 6.10 Å². The molecule has 0 aliphatic heterocycles. The molecule has 4 fully saturated rings. The highest BCUT2D eigenvalue weighted by molar-refractivity contribution is 5.27. The number of rotatable bonds is 1. The molecule has 0 N–H and O–H groups in total. The van der Waals surface area contributed by atoms with Gasteiger partial charge in [-0.2, -0.15) is 0 Å². The molecular weight excluding hydrogens is 196 g/mol. The van der Waals surface area contributed by atoms with Crippen LogP contribution in [0.4, 0.5) is 0 Å². The van der Waals surface area contributed by atoms with Crippen LogP contribution in [0.5, 0.6) is 0 Å². The predicted octanol–water partition coefficient (Wildman–Crippen LogP) is 3.26. The SMILES string of the molecule is CC(C)(C)O[C@@H]1C2C3CC=CCC2C2C3C21. The van der Waals surface area contributed by atoms with E-state index in [2.05, 4.69) is 32.9 Å². The first-order valence-corrected chi connectivity index (χ1v) is 6.91. The maximum absolute atomic E-state index is 6.37. The van der Waals surface area contributed by atoms with E-state index in [9.17, 15) is 0 Å². The van der Waals surface area contributed by atoms with Crippen LogP contribution in [0.2, 0.25) is 0 Å². The Bertz CT molecular complexity index is 329. The van der Waals surface area contributed by atoms with Crippen molar-refractivity contribution in [1.82, 2.24) is 0 Å². The van der Waals surface area contributed by atoms with E-state index >= 15 is 0 Å². The predicted molar refractivity (Wildman–Crippen MR) is 63.9 cm³/mol. The molecule has 5 aliphatic carbocycles. The highest BCUT2D eigenvalue weighted by Gasteiger charge is 2.77. The van der Waals surface area contributed by atoms with Crippen LogP contribution in [0, 0.1) is 35.5 Å². The van der Waals surface area contributed by atoms with Crippen LogP contribution in [0.1, 0.15) is 33.6 Å². The summed E-state index contributed by atoms with van der Waals surface area (Å²) >= 11 is 0. The second kappa shape index (κ2) is 2.75. The molecule has 0 spiro atoms. The smallest absolute Gasteiger partial charge is 0.0649 e. The summed E-state index contributed by atoms with van der Waals surface area (Å²) in [4.78, 5) is 0. The van der Waals surface area contributed by atoms with Crippen molar-refractivity contribution in [3.63, 3.8) is 0 Å². The van der Waals surface area contributed by atoms with Gasteiger partial charge in [-0.05, 0) is 69.1 Å². The minimum absolute atomic E-state index is 0.0475. The highest BCUT2D eigenvalue weighted by atomic mass is 16.5. The lowest BCUT2D eigenvalue weighted by atomic mass is 9.88. The fraction of sp³-hybridized carbons (Fsp3) is 0.867. The molecule has 1 heteroatoms. The summed E-state index contributed by atoms with van der Waals surface area (Å²) in [5, 5.41) is 0. The van der Waals surface area contributed by atoms with Crippen molar-refractivity contribution in [3.05, 3.63) is 12.2 Å². The molecule has 1 nitrogen and oxygen atoms in total. The topological polar surface area (TPSA) is 9.23 Å². The molecular formula is C15H22O. The molecule has 0 radical (unpaired) electrons. The fourth-order valence-corrected chi connectivity index (χ4v) is 5.24. The molecule has 0 aromatic heterocycles. The fourth-order valence-electron chi connectivity index (χ4n) is 5.24. The summed E-state index contributed by atoms with van der Waals surface area (Å²) in [7, 11) is 0. The van der Waals surface area contributed by atoms with Gasteiger partial charge in [0.25, 0.3) is 0 Å². The Balaban J connectivity index is 1.62. The van der Waals surface area contributed by atoms with E-state index in [4.69, 9.17) is 4.74 Å². The molecule has 0 aromatic carbocycles. The van der Waals surface area contributed by atoms with E-state index in [-0.39, 0.29) is 5.60 Å². The lowest BCUT2D eigenvalue weighted by molar-refractivity contribution is -0.0829. The molecule has 16 heavy (non-hydrogen) atoms. The number of hydrogen-bond donors (Lipinski definition) is 0. The first kappa shape index (κ1) is 9.70. The molecule has 5 rings (SSSR count). The molecule has 88 valence electrons. The minimum Gasteiger partial charge on any atom is -0.372 e. The average molecular weight is 218 g/mol. The average Bonchev–Trinajstić information content (AvgIpc) is 2.62. The van der Waals surface area contributed by atoms with Crippen LogP contribution in [-0.2, 0) is 4.74 Å². The standard InChI is InChI=1S/C15H22O/c1-15(2,3)16-14-10-8-6-4-5-7-9(10)12-11(8)13(12)14/h4-5,8-14H,6-7H2,1-3H3/t8?,9?,10?,11?,12?,13?,14-/m1/s1. The highest BCUT2D eigenvalue weighted by Crippen LogP contribution is 2.78. The molecule has 0 saturated heterocycles. The van der Waals surface area contributed by atoms with Gasteiger partial charge >= 0.3 is 0 Å². The summed E-state index contributed by atoms with van der Waals surface area (Å²) in [5.74, 6) is 5.89. The first-order chi connectivity index (χ1) is 7.58. The monoisotopic (exact) mass is 218 g/mol. The molecule has 5 aliphatic rings. The second-order valence-electron chi connectivity index (χ2n) is 7.27. The molecule has 4 unspecified atom stereocenters. The molecule has 0 amide bonds. The lowest BCUT2D eigenvalue weighted by Crippen LogP contribution is -2.32. The van der Waals surface area contributed by atoms with Gasteiger partial charge in [-0.25, -0.2) is 0 Å². The van der Waals surface area contributed by atoms with E-state index < -0.39 is 0 Å². The maximum Gasteiger partial charge on any atom is 0.0649 e. The zero-order valence-electron chi connectivity index (χ0n) is 10.5. The molecule has 0 aromatic rings. The van der Waals surface area contributed by atoms with Crippen molar-refractivity contribution in [2.24, 2.45) is 35.5 Å². The summed E-state index contributed by atoms with van der Waals surface area (Å²) in [6, 6.07) is 0. The molecule has 6 bridgehead atoms. The van der Waals surface area contributed by atoms with Gasteiger partial charge in [0.2, 0.25) is 0 Å². The van der Waals surface area contributed by atoms with Gasteiger partial charge in [0.1, 0.15) is 0 Å². The Morgan fingerprint density at radius 1 is 0.875 bits per heavy atom. The van der Waals surface area contributed by atoms with Crippen molar-refractivity contribution >= 4 is 0 Å². The van der Waals surface area contributed by atoms with Crippen molar-refractivity contribution in [1.29, 1.82) is 0 Å². The van der Waals surface area contributed by atoms with Gasteiger partial charge in [0, 0.05) is 0 Å². The zero-order chi connectivity index (χ0) is 11.1. The zero-order valence-corrected chi connectivity index (χ0v) is 10.5. The van der Waals surface area contributed by atoms with Crippen molar-refractivity contribution < 1.29 is 4.74 Å². The largest absolute Gasteiger partial charge is 0.372 e. The van der Waals surface area contributed by atoms with Crippen LogP contribution < -0.4 is 0 Å². The Labute approximate surface area is 98.2 Å². The Kier molecular flexibility index (Phi) is 1.66. The third-order valence-corrected chi connectivity index (χ3v) is 5.40. The maximum atomic E-state index is 6.37. The van der Waals surface area contributed by atoms with Crippen molar-refractivity contribution in [2.75, 3.05) is 0 Å². The number of ether oxygens (including phenoxy) is 1. The minimum atomic E-state index is 0.0475. The van der Waals surface area contributed by atoms with Crippen molar-refractivity contribution in [3.8, 4) is 0 Å². The lowest BCUT2D eigenvalue weighted by Gasteiger charge is -2.30. The normalized spacial score (nSPS) is 56.6. The van der Waals surface area contributed by atoms with Crippen molar-refractivity contribution in [2.45, 2.75) is 45.3 Å². The van der Waals surface area contributed by atoms with Gasteiger partial charge in [-0.3, -0.25) is 0 Å². The Hall–Kier alpha value is -0.300. The van der Waals surface area contributed by atoms with Gasteiger partial charge in [0.15, 0.2) is 0 Å². The molecule has 4 saturated carbocycles. The quantitative estimate of drug-likeness (QED) is 0.614. The summed E-state index contributed by atoms with van der Waals surface area (Å²) in [6.45, 7) is 6.63. The third-order valence-electron chi connectivity index (χ3n) is 5.40. The van der Waals surface area contributed by atoms with E-state index in [1.165, 1.54) is 12.8 Å². The Morgan fingerprint density at radius 3 is 1.94 bits per heavy atom. The summed E-state index contributed by atoms with van der Waals surface area (Å²) in [6.07, 6.45) is 8.14. The summed E-state index contributed by atoms with van der Waals surface area (Å²) in [5.41, 5.74) is 0.0475. The van der Waals surface area contributed by atoms with Gasteiger partial charge in [0.05, 0.1) is 11.7 Å². The van der Waals surface area contributed by atoms with E-state index in [1.54, 1.807) is 0 Å². The van der Waals surface area contributed by atoms with E-state index in [0.717, 1.165) is 35.5 Å². The summed E-state index contributed by atoms with van der Waals surface area (Å²) < 4.78 is 6.37. The van der Waals surface area contributed by atoms with Gasteiger partial charge < -0.3 is 4.74 Å². The number of hydrogen-bond acceptors (Lipinski definition) is 1. The van der Waals surface area contributed by atoms with Gasteiger partial charge in [-0.15, -0.1) is 0 Å². The Morgan fingerprint density at radius 2 is 1.44 bits per heavy atom. The second-order valence-corrected chi connectivity index (χ2v) is 7.27. The van der Waals surface area contributed by atoms with Crippen LogP contribution in [-0.4, -0.2) is 11.7 Å². The number of allylic oxidation sites excluding steroid dienone is 2. The third kappa shape index (κ3) is 1.06. The van der Waals surface area contributed by atoms with Crippen LogP contribution in [0.3, 0.4) is 0 Å². The first-order valence-electron chi connectivity index (χ1n) is 6.91. The van der Waals surface area contributed by atoms with Gasteiger partial charge in [-0.1, -0.05) is 12.2 Å². The van der Waals surface area contributed by atoms with E-state index in [1.807, 2.05) is 0 Å². The molecule has 0 heterocycles. The van der Waals surface area contributed by atoms with Crippen LogP contribution in [0.25, 0.3) is 0 Å². The van der Waals surface area contributed by atoms with Crippen LogP contribution >= 0.6 is 0 Å². The molecule has 5 atom stereocenters.